The van der Waals surface area contributed by atoms with Crippen LogP contribution in [0.5, 0.6) is 0 Å². The monoisotopic (exact) mass is 318 g/mol. The normalized spacial score (nSPS) is 12.5. The summed E-state index contributed by atoms with van der Waals surface area (Å²) in [7, 11) is 0. The zero-order chi connectivity index (χ0) is 15.9. The molecule has 0 unspecified atom stereocenters. The van der Waals surface area contributed by atoms with Crippen molar-refractivity contribution in [3.8, 4) is 11.1 Å². The molecule has 22 heavy (non-hydrogen) atoms. The van der Waals surface area contributed by atoms with Crippen molar-refractivity contribution in [1.82, 2.24) is 9.55 Å². The van der Waals surface area contributed by atoms with Crippen LogP contribution in [0.15, 0.2) is 40.8 Å². The van der Waals surface area contributed by atoms with Crippen LogP contribution < -0.4 is 5.56 Å². The van der Waals surface area contributed by atoms with E-state index in [0.29, 0.717) is 21.3 Å². The number of carbonyl (C=O) groups is 1. The van der Waals surface area contributed by atoms with Gasteiger partial charge in [0.15, 0.2) is 0 Å². The summed E-state index contributed by atoms with van der Waals surface area (Å²) in [6, 6.07) is 4.77. The molecule has 112 valence electrons. The molecule has 0 bridgehead atoms. The van der Waals surface area contributed by atoms with Gasteiger partial charge in [-0.25, -0.2) is 14.2 Å². The van der Waals surface area contributed by atoms with E-state index < -0.39 is 17.6 Å². The first-order valence-electron chi connectivity index (χ1n) is 6.46. The Morgan fingerprint density at radius 3 is 2.68 bits per heavy atom. The molecule has 0 spiro atoms. The van der Waals surface area contributed by atoms with E-state index >= 15 is 0 Å². The zero-order valence-electron chi connectivity index (χ0n) is 11.5. The number of hydrogen-bond donors (Lipinski definition) is 1. The Morgan fingerprint density at radius 1 is 1.36 bits per heavy atom. The zero-order valence-corrected chi connectivity index (χ0v) is 12.3. The number of halogens is 1. The molecular weight excluding hydrogens is 307 g/mol. The van der Waals surface area contributed by atoms with Crippen LogP contribution in [0.4, 0.5) is 4.39 Å². The lowest BCUT2D eigenvalue weighted by Crippen LogP contribution is -2.28. The average molecular weight is 318 g/mol. The number of carboxylic acid groups (broad SMARTS) is 1. The number of nitrogens with zero attached hydrogens (tertiary/aromatic N) is 2. The fourth-order valence-corrected chi connectivity index (χ4v) is 3.09. The minimum atomic E-state index is -1.11. The van der Waals surface area contributed by atoms with Gasteiger partial charge in [0.05, 0.1) is 11.7 Å². The van der Waals surface area contributed by atoms with Gasteiger partial charge in [0.1, 0.15) is 16.7 Å². The highest BCUT2D eigenvalue weighted by Gasteiger charge is 2.19. The molecular formula is C15H11FN2O3S. The number of carboxylic acids is 1. The van der Waals surface area contributed by atoms with E-state index in [2.05, 4.69) is 4.98 Å². The van der Waals surface area contributed by atoms with Crippen molar-refractivity contribution in [1.29, 1.82) is 0 Å². The number of thiophene rings is 1. The van der Waals surface area contributed by atoms with Crippen molar-refractivity contribution in [2.24, 2.45) is 0 Å². The molecule has 1 atom stereocenters. The number of benzene rings is 1. The van der Waals surface area contributed by atoms with Crippen LogP contribution in [0.3, 0.4) is 0 Å². The predicted molar refractivity (Wildman–Crippen MR) is 81.6 cm³/mol. The Morgan fingerprint density at radius 2 is 2.05 bits per heavy atom. The number of aromatic nitrogens is 2. The maximum absolute atomic E-state index is 13.0. The first kappa shape index (κ1) is 14.4. The fourth-order valence-electron chi connectivity index (χ4n) is 2.18. The lowest BCUT2D eigenvalue weighted by Gasteiger charge is -2.10. The van der Waals surface area contributed by atoms with Gasteiger partial charge in [0.25, 0.3) is 5.56 Å². The lowest BCUT2D eigenvalue weighted by atomic mass is 10.1. The van der Waals surface area contributed by atoms with Gasteiger partial charge in [-0.05, 0) is 24.6 Å². The Hall–Kier alpha value is -2.54. The second-order valence-corrected chi connectivity index (χ2v) is 5.67. The van der Waals surface area contributed by atoms with E-state index in [1.807, 2.05) is 0 Å². The topological polar surface area (TPSA) is 72.2 Å². The van der Waals surface area contributed by atoms with Crippen LogP contribution in [0.1, 0.15) is 13.0 Å². The van der Waals surface area contributed by atoms with Gasteiger partial charge in [-0.3, -0.25) is 9.36 Å². The molecule has 0 saturated carbocycles. The third-order valence-corrected chi connectivity index (χ3v) is 4.34. The number of hydrogen-bond acceptors (Lipinski definition) is 4. The smallest absolute Gasteiger partial charge is 0.326 e. The van der Waals surface area contributed by atoms with Gasteiger partial charge in [-0.15, -0.1) is 11.3 Å². The molecule has 3 aromatic rings. The molecule has 0 aliphatic rings. The van der Waals surface area contributed by atoms with Crippen LogP contribution in [-0.4, -0.2) is 20.6 Å². The maximum atomic E-state index is 13.0. The highest BCUT2D eigenvalue weighted by molar-refractivity contribution is 7.17. The van der Waals surface area contributed by atoms with Gasteiger partial charge in [-0.1, -0.05) is 12.1 Å². The summed E-state index contributed by atoms with van der Waals surface area (Å²) < 4.78 is 14.1. The molecule has 2 aromatic heterocycles. The summed E-state index contributed by atoms with van der Waals surface area (Å²) >= 11 is 1.29. The summed E-state index contributed by atoms with van der Waals surface area (Å²) in [5.74, 6) is -1.47. The molecule has 7 heteroatoms. The lowest BCUT2D eigenvalue weighted by molar-refractivity contribution is -0.140. The van der Waals surface area contributed by atoms with Gasteiger partial charge < -0.3 is 5.11 Å². The van der Waals surface area contributed by atoms with Crippen LogP contribution >= 0.6 is 11.3 Å². The van der Waals surface area contributed by atoms with Crippen molar-refractivity contribution in [2.75, 3.05) is 0 Å². The largest absolute Gasteiger partial charge is 0.480 e. The van der Waals surface area contributed by atoms with E-state index in [4.69, 9.17) is 5.11 Å². The summed E-state index contributed by atoms with van der Waals surface area (Å²) in [5.41, 5.74) is 0.900. The van der Waals surface area contributed by atoms with E-state index in [1.54, 1.807) is 17.5 Å². The Balaban J connectivity index is 2.25. The molecule has 1 N–H and O–H groups in total. The van der Waals surface area contributed by atoms with Crippen LogP contribution in [0.25, 0.3) is 21.3 Å². The summed E-state index contributed by atoms with van der Waals surface area (Å²) in [6.45, 7) is 1.42. The number of aliphatic carboxylic acids is 1. The molecule has 0 radical (unpaired) electrons. The van der Waals surface area contributed by atoms with E-state index in [0.717, 1.165) is 4.57 Å². The Bertz CT molecular complexity index is 915. The number of rotatable bonds is 3. The van der Waals surface area contributed by atoms with E-state index in [1.165, 1.54) is 36.7 Å². The second kappa shape index (κ2) is 5.34. The fraction of sp³-hybridized carbons (Fsp3) is 0.133. The van der Waals surface area contributed by atoms with Crippen molar-refractivity contribution in [3.05, 3.63) is 52.1 Å². The van der Waals surface area contributed by atoms with Crippen LogP contribution in [0.2, 0.25) is 0 Å². The van der Waals surface area contributed by atoms with Crippen LogP contribution in [-0.2, 0) is 4.79 Å². The van der Waals surface area contributed by atoms with Gasteiger partial charge in [0, 0.05) is 10.9 Å². The molecule has 0 saturated heterocycles. The molecule has 2 heterocycles. The predicted octanol–water partition coefficient (Wildman–Crippen LogP) is 2.91. The first-order valence-corrected chi connectivity index (χ1v) is 7.34. The molecule has 0 fully saturated rings. The van der Waals surface area contributed by atoms with Crippen molar-refractivity contribution < 1.29 is 14.3 Å². The Labute approximate surface area is 128 Å². The second-order valence-electron chi connectivity index (χ2n) is 4.81. The molecule has 1 aromatic carbocycles. The van der Waals surface area contributed by atoms with Crippen molar-refractivity contribution >= 4 is 27.5 Å². The first-order chi connectivity index (χ1) is 10.5. The van der Waals surface area contributed by atoms with Gasteiger partial charge in [-0.2, -0.15) is 0 Å². The molecule has 0 aliphatic heterocycles. The summed E-state index contributed by atoms with van der Waals surface area (Å²) in [5, 5.41) is 11.2. The van der Waals surface area contributed by atoms with Crippen molar-refractivity contribution in [2.45, 2.75) is 13.0 Å². The standard InChI is InChI=1S/C15H11FN2O3S/c1-8(15(20)21)18-7-17-13-12(14(18)19)11(6-22-13)9-2-4-10(16)5-3-9/h2-8H,1H3,(H,20,21)/t8-/m1/s1. The molecule has 0 amide bonds. The Kier molecular flexibility index (Phi) is 3.50. The summed E-state index contributed by atoms with van der Waals surface area (Å²) in [4.78, 5) is 28.4. The molecule has 0 aliphatic carbocycles. The SMILES string of the molecule is C[C@H](C(=O)O)n1cnc2scc(-c3ccc(F)cc3)c2c1=O. The number of fused-ring (bicyclic) bond motifs is 1. The summed E-state index contributed by atoms with van der Waals surface area (Å²) in [6.07, 6.45) is 1.24. The highest BCUT2D eigenvalue weighted by atomic mass is 32.1. The third kappa shape index (κ3) is 2.29. The van der Waals surface area contributed by atoms with E-state index in [-0.39, 0.29) is 5.82 Å². The highest BCUT2D eigenvalue weighted by Crippen LogP contribution is 2.30. The maximum Gasteiger partial charge on any atom is 0.326 e. The van der Waals surface area contributed by atoms with Crippen molar-refractivity contribution in [3.63, 3.8) is 0 Å². The quantitative estimate of drug-likeness (QED) is 0.806. The minimum Gasteiger partial charge on any atom is -0.480 e. The van der Waals surface area contributed by atoms with Crippen LogP contribution in [0, 0.1) is 5.82 Å². The third-order valence-electron chi connectivity index (χ3n) is 3.45. The minimum absolute atomic E-state index is 0.354. The average Bonchev–Trinajstić information content (AvgIpc) is 2.92. The van der Waals surface area contributed by atoms with Gasteiger partial charge >= 0.3 is 5.97 Å². The van der Waals surface area contributed by atoms with Gasteiger partial charge in [0.2, 0.25) is 0 Å². The van der Waals surface area contributed by atoms with E-state index in [9.17, 15) is 14.0 Å². The molecule has 5 nitrogen and oxygen atoms in total. The molecule has 3 rings (SSSR count).